The second kappa shape index (κ2) is 22.2. The third-order valence-electron chi connectivity index (χ3n) is 3.05. The fourth-order valence-electron chi connectivity index (χ4n) is 1.69. The van der Waals surface area contributed by atoms with E-state index >= 15 is 0 Å². The average molecular weight is 307 g/mol. The summed E-state index contributed by atoms with van der Waals surface area (Å²) < 4.78 is 0. The molecule has 0 atom stereocenters. The molecule has 0 spiro atoms. The third kappa shape index (κ3) is 17.0. The Balaban J connectivity index is -0.000000285. The van der Waals surface area contributed by atoms with Crippen molar-refractivity contribution in [2.45, 2.75) is 93.4 Å². The van der Waals surface area contributed by atoms with Crippen molar-refractivity contribution in [1.82, 2.24) is 0 Å². The molecular weight excluding hydrogens is 264 g/mol. The van der Waals surface area contributed by atoms with Crippen LogP contribution in [0.1, 0.15) is 105 Å². The Kier molecular flexibility index (Phi) is 26.2. The van der Waals surface area contributed by atoms with Gasteiger partial charge in [0.25, 0.3) is 0 Å². The van der Waals surface area contributed by atoms with E-state index in [9.17, 15) is 0 Å². The number of hydrogen-bond donors (Lipinski definition) is 0. The summed E-state index contributed by atoms with van der Waals surface area (Å²) >= 11 is 0. The molecule has 1 rings (SSSR count). The first kappa shape index (κ1) is 25.9. The van der Waals surface area contributed by atoms with Gasteiger partial charge in [0.2, 0.25) is 0 Å². The van der Waals surface area contributed by atoms with Crippen LogP contribution >= 0.6 is 0 Å². The summed E-state index contributed by atoms with van der Waals surface area (Å²) in [6.07, 6.45) is 8.87. The molecule has 0 heterocycles. The second-order valence-corrected chi connectivity index (χ2v) is 5.09. The minimum atomic E-state index is 0.619. The molecule has 0 saturated carbocycles. The van der Waals surface area contributed by atoms with E-state index < -0.39 is 0 Å². The van der Waals surface area contributed by atoms with Crippen LogP contribution in [-0.2, 0) is 0 Å². The molecule has 0 nitrogen and oxygen atoms in total. The maximum Gasteiger partial charge on any atom is -0.0219 e. The molecule has 0 aliphatic carbocycles. The van der Waals surface area contributed by atoms with E-state index in [0.29, 0.717) is 5.92 Å². The number of benzene rings is 1. The molecule has 0 fully saturated rings. The Morgan fingerprint density at radius 3 is 1.50 bits per heavy atom. The summed E-state index contributed by atoms with van der Waals surface area (Å²) in [5.41, 5.74) is 2.57. The van der Waals surface area contributed by atoms with Crippen molar-refractivity contribution < 1.29 is 0 Å². The lowest BCUT2D eigenvalue weighted by Crippen LogP contribution is -1.85. The quantitative estimate of drug-likeness (QED) is 0.462. The molecule has 0 bridgehead atoms. The number of unbranched alkanes of at least 4 members (excludes halogenated alkanes) is 4. The van der Waals surface area contributed by atoms with Crippen LogP contribution in [0.25, 0.3) is 6.08 Å². The van der Waals surface area contributed by atoms with Gasteiger partial charge in [-0.3, -0.25) is 0 Å². The van der Waals surface area contributed by atoms with Crippen LogP contribution in [0.2, 0.25) is 0 Å². The van der Waals surface area contributed by atoms with Gasteiger partial charge in [-0.05, 0) is 17.0 Å². The van der Waals surface area contributed by atoms with Crippen LogP contribution in [0.3, 0.4) is 0 Å². The molecule has 1 aromatic carbocycles. The Hall–Kier alpha value is -1.04. The standard InChI is InChI=1S/C11H14.C7H16.2C2H6/c1-4-10-5-7-11(8-6-10)9(2)3;1-3-5-7-6-4-2;2*1-2/h4-9H,1H2,2-3H3;3-7H2,1-2H3;2*1-2H3. The van der Waals surface area contributed by atoms with Gasteiger partial charge in [0.1, 0.15) is 0 Å². The van der Waals surface area contributed by atoms with Gasteiger partial charge < -0.3 is 0 Å². The largest absolute Gasteiger partial charge is 0.0985 e. The Morgan fingerprint density at radius 2 is 1.23 bits per heavy atom. The lowest BCUT2D eigenvalue weighted by molar-refractivity contribution is 0.656. The monoisotopic (exact) mass is 306 g/mol. The van der Waals surface area contributed by atoms with Gasteiger partial charge in [-0.1, -0.05) is 124 Å². The van der Waals surface area contributed by atoms with Crippen LogP contribution in [0.4, 0.5) is 0 Å². The molecule has 0 aliphatic heterocycles. The minimum Gasteiger partial charge on any atom is -0.0985 e. The number of rotatable bonds is 6. The fraction of sp³-hybridized carbons (Fsp3) is 0.636. The molecule has 130 valence electrons. The van der Waals surface area contributed by atoms with E-state index in [-0.39, 0.29) is 0 Å². The maximum absolute atomic E-state index is 3.71. The molecule has 0 amide bonds. The Bertz CT molecular complexity index is 288. The summed E-state index contributed by atoms with van der Waals surface area (Å²) in [7, 11) is 0. The smallest absolute Gasteiger partial charge is 0.0219 e. The SMILES string of the molecule is C=Cc1ccc(C(C)C)cc1.CC.CC.CCCCCCC. The van der Waals surface area contributed by atoms with Crippen LogP contribution in [0.5, 0.6) is 0 Å². The summed E-state index contributed by atoms with van der Waals surface area (Å²) in [5, 5.41) is 0. The average Bonchev–Trinajstić information content (AvgIpc) is 2.59. The summed E-state index contributed by atoms with van der Waals surface area (Å²) in [6, 6.07) is 8.51. The van der Waals surface area contributed by atoms with E-state index in [1.54, 1.807) is 0 Å². The van der Waals surface area contributed by atoms with Gasteiger partial charge in [0, 0.05) is 0 Å². The van der Waals surface area contributed by atoms with Crippen LogP contribution in [-0.4, -0.2) is 0 Å². The van der Waals surface area contributed by atoms with E-state index in [0.717, 1.165) is 0 Å². The molecule has 0 aromatic heterocycles. The van der Waals surface area contributed by atoms with E-state index in [2.05, 4.69) is 58.5 Å². The first-order valence-corrected chi connectivity index (χ1v) is 9.38. The second-order valence-electron chi connectivity index (χ2n) is 5.09. The molecule has 0 radical (unpaired) electrons. The van der Waals surface area contributed by atoms with Gasteiger partial charge in [0.05, 0.1) is 0 Å². The Labute approximate surface area is 142 Å². The van der Waals surface area contributed by atoms with Gasteiger partial charge in [-0.25, -0.2) is 0 Å². The lowest BCUT2D eigenvalue weighted by Gasteiger charge is -2.04. The van der Waals surface area contributed by atoms with E-state index in [4.69, 9.17) is 0 Å². The van der Waals surface area contributed by atoms with E-state index in [1.165, 1.54) is 43.2 Å². The van der Waals surface area contributed by atoms with Crippen LogP contribution in [0.15, 0.2) is 30.8 Å². The zero-order valence-corrected chi connectivity index (χ0v) is 16.7. The molecule has 22 heavy (non-hydrogen) atoms. The van der Waals surface area contributed by atoms with Crippen LogP contribution < -0.4 is 0 Å². The van der Waals surface area contributed by atoms with Crippen molar-refractivity contribution in [3.8, 4) is 0 Å². The first-order chi connectivity index (χ1) is 10.7. The van der Waals surface area contributed by atoms with Gasteiger partial charge in [0.15, 0.2) is 0 Å². The molecule has 0 heteroatoms. The first-order valence-electron chi connectivity index (χ1n) is 9.38. The zero-order chi connectivity index (χ0) is 17.8. The van der Waals surface area contributed by atoms with Crippen molar-refractivity contribution in [2.24, 2.45) is 0 Å². The zero-order valence-electron chi connectivity index (χ0n) is 16.7. The topological polar surface area (TPSA) is 0 Å². The van der Waals surface area contributed by atoms with E-state index in [1.807, 2.05) is 33.8 Å². The van der Waals surface area contributed by atoms with Crippen molar-refractivity contribution in [1.29, 1.82) is 0 Å². The third-order valence-corrected chi connectivity index (χ3v) is 3.05. The van der Waals surface area contributed by atoms with Crippen molar-refractivity contribution in [3.05, 3.63) is 42.0 Å². The van der Waals surface area contributed by atoms with Crippen LogP contribution in [0, 0.1) is 0 Å². The highest BCUT2D eigenvalue weighted by atomic mass is 14.0. The highest BCUT2D eigenvalue weighted by molar-refractivity contribution is 5.47. The minimum absolute atomic E-state index is 0.619. The van der Waals surface area contributed by atoms with Crippen molar-refractivity contribution >= 4 is 6.08 Å². The predicted octanol–water partition coefficient (Wildman–Crippen LogP) is 8.48. The summed E-state index contributed by atoms with van der Waals surface area (Å²) in [6.45, 7) is 20.6. The molecule has 1 aromatic rings. The summed E-state index contributed by atoms with van der Waals surface area (Å²) in [5.74, 6) is 0.619. The molecule has 0 N–H and O–H groups in total. The van der Waals surface area contributed by atoms with Gasteiger partial charge >= 0.3 is 0 Å². The van der Waals surface area contributed by atoms with Gasteiger partial charge in [-0.2, -0.15) is 0 Å². The normalized spacial score (nSPS) is 8.59. The van der Waals surface area contributed by atoms with Gasteiger partial charge in [-0.15, -0.1) is 0 Å². The molecule has 0 unspecified atom stereocenters. The maximum atomic E-state index is 3.71. The Morgan fingerprint density at radius 1 is 0.818 bits per heavy atom. The predicted molar refractivity (Wildman–Crippen MR) is 108 cm³/mol. The highest BCUT2D eigenvalue weighted by Gasteiger charge is 1.96. The fourth-order valence-corrected chi connectivity index (χ4v) is 1.69. The van der Waals surface area contributed by atoms with Crippen molar-refractivity contribution in [3.63, 3.8) is 0 Å². The lowest BCUT2D eigenvalue weighted by atomic mass is 10.0. The van der Waals surface area contributed by atoms with Crippen molar-refractivity contribution in [2.75, 3.05) is 0 Å². The number of hydrogen-bond acceptors (Lipinski definition) is 0. The molecule has 0 aliphatic rings. The highest BCUT2D eigenvalue weighted by Crippen LogP contribution is 2.14. The molecular formula is C22H42. The molecule has 0 saturated heterocycles. The summed E-state index contributed by atoms with van der Waals surface area (Å²) in [4.78, 5) is 0.